The van der Waals surface area contributed by atoms with E-state index in [4.69, 9.17) is 4.74 Å². The lowest BCUT2D eigenvalue weighted by Crippen LogP contribution is -2.47. The summed E-state index contributed by atoms with van der Waals surface area (Å²) in [7, 11) is 0. The van der Waals surface area contributed by atoms with Crippen LogP contribution in [0.1, 0.15) is 45.4 Å². The number of nitrogens with zero attached hydrogens (tertiary/aromatic N) is 1. The maximum atomic E-state index is 9.87. The third-order valence-corrected chi connectivity index (χ3v) is 4.42. The van der Waals surface area contributed by atoms with Gasteiger partial charge < -0.3 is 20.1 Å². The number of hydrogen-bond donors (Lipinski definition) is 2. The molecule has 3 atom stereocenters. The summed E-state index contributed by atoms with van der Waals surface area (Å²) >= 11 is 0. The Labute approximate surface area is 117 Å². The molecule has 0 aromatic rings. The number of piperidine rings is 1. The van der Waals surface area contributed by atoms with Gasteiger partial charge in [0.1, 0.15) is 0 Å². The first-order valence-corrected chi connectivity index (χ1v) is 8.03. The molecular formula is C15H30N2O2. The summed E-state index contributed by atoms with van der Waals surface area (Å²) in [5.74, 6) is 0. The summed E-state index contributed by atoms with van der Waals surface area (Å²) in [4.78, 5) is 2.63. The zero-order valence-electron chi connectivity index (χ0n) is 12.3. The average Bonchev–Trinajstić information content (AvgIpc) is 2.89. The van der Waals surface area contributed by atoms with Crippen LogP contribution in [0.5, 0.6) is 0 Å². The van der Waals surface area contributed by atoms with E-state index in [1.807, 2.05) is 0 Å². The largest absolute Gasteiger partial charge is 0.389 e. The molecule has 19 heavy (non-hydrogen) atoms. The van der Waals surface area contributed by atoms with Gasteiger partial charge in [0.05, 0.1) is 12.7 Å². The molecule has 2 aliphatic rings. The Hall–Kier alpha value is -0.160. The maximum Gasteiger partial charge on any atom is 0.0897 e. The van der Waals surface area contributed by atoms with Crippen molar-refractivity contribution >= 4 is 0 Å². The molecule has 2 aliphatic heterocycles. The molecule has 2 saturated heterocycles. The third kappa shape index (κ3) is 5.03. The van der Waals surface area contributed by atoms with Crippen LogP contribution in [0.15, 0.2) is 0 Å². The van der Waals surface area contributed by atoms with Gasteiger partial charge in [0.25, 0.3) is 0 Å². The minimum atomic E-state index is -0.363. The highest BCUT2D eigenvalue weighted by Crippen LogP contribution is 2.26. The van der Waals surface area contributed by atoms with E-state index >= 15 is 0 Å². The van der Waals surface area contributed by atoms with Crippen molar-refractivity contribution in [3.05, 3.63) is 0 Å². The zero-order chi connectivity index (χ0) is 13.5. The van der Waals surface area contributed by atoms with Crippen LogP contribution in [0.25, 0.3) is 0 Å². The number of nitrogens with one attached hydrogen (secondary N) is 1. The number of fused-ring (bicyclic) bond motifs is 1. The van der Waals surface area contributed by atoms with Crippen molar-refractivity contribution in [2.24, 2.45) is 0 Å². The van der Waals surface area contributed by atoms with Crippen molar-refractivity contribution in [3.63, 3.8) is 0 Å². The SMILES string of the molecule is CCCCOCC(O)CNC1CCN2CCCC2C1. The summed E-state index contributed by atoms with van der Waals surface area (Å²) in [5, 5.41) is 13.4. The zero-order valence-corrected chi connectivity index (χ0v) is 12.3. The molecule has 0 bridgehead atoms. The smallest absolute Gasteiger partial charge is 0.0897 e. The topological polar surface area (TPSA) is 44.7 Å². The predicted octanol–water partition coefficient (Wildman–Crippen LogP) is 1.38. The summed E-state index contributed by atoms with van der Waals surface area (Å²) in [6.07, 6.45) is 7.07. The molecule has 0 amide bonds. The Morgan fingerprint density at radius 2 is 2.26 bits per heavy atom. The number of aliphatic hydroxyl groups is 1. The van der Waals surface area contributed by atoms with E-state index in [1.165, 1.54) is 38.8 Å². The van der Waals surface area contributed by atoms with Crippen LogP contribution < -0.4 is 5.32 Å². The van der Waals surface area contributed by atoms with E-state index in [1.54, 1.807) is 0 Å². The quantitative estimate of drug-likeness (QED) is 0.654. The van der Waals surface area contributed by atoms with Gasteiger partial charge in [0.2, 0.25) is 0 Å². The molecule has 0 aromatic carbocycles. The molecule has 112 valence electrons. The first-order chi connectivity index (χ1) is 9.29. The van der Waals surface area contributed by atoms with E-state index in [2.05, 4.69) is 17.1 Å². The van der Waals surface area contributed by atoms with Crippen LogP contribution in [0.2, 0.25) is 0 Å². The fraction of sp³-hybridized carbons (Fsp3) is 1.00. The number of aliphatic hydroxyl groups excluding tert-OH is 1. The Kier molecular flexibility index (Phi) is 6.57. The lowest BCUT2D eigenvalue weighted by atomic mass is 9.97. The van der Waals surface area contributed by atoms with Crippen molar-refractivity contribution in [3.8, 4) is 0 Å². The molecule has 0 aliphatic carbocycles. The number of unbranched alkanes of at least 4 members (excludes halogenated alkanes) is 1. The normalized spacial score (nSPS) is 29.4. The Morgan fingerprint density at radius 1 is 1.37 bits per heavy atom. The first kappa shape index (κ1) is 15.2. The molecule has 0 radical (unpaired) electrons. The standard InChI is InChI=1S/C15H30N2O2/c1-2-3-9-19-12-15(18)11-16-13-6-8-17-7-4-5-14(17)10-13/h13-16,18H,2-12H2,1H3. The van der Waals surface area contributed by atoms with Gasteiger partial charge in [-0.25, -0.2) is 0 Å². The minimum Gasteiger partial charge on any atom is -0.389 e. The van der Waals surface area contributed by atoms with E-state index in [0.29, 0.717) is 19.2 Å². The molecule has 0 spiro atoms. The summed E-state index contributed by atoms with van der Waals surface area (Å²) in [6, 6.07) is 1.38. The third-order valence-electron chi connectivity index (χ3n) is 4.42. The van der Waals surface area contributed by atoms with E-state index in [9.17, 15) is 5.11 Å². The van der Waals surface area contributed by atoms with Crippen molar-refractivity contribution in [2.45, 2.75) is 63.6 Å². The minimum absolute atomic E-state index is 0.363. The highest BCUT2D eigenvalue weighted by atomic mass is 16.5. The van der Waals surface area contributed by atoms with Gasteiger partial charge >= 0.3 is 0 Å². The van der Waals surface area contributed by atoms with Crippen LogP contribution in [0.4, 0.5) is 0 Å². The van der Waals surface area contributed by atoms with Crippen molar-refractivity contribution < 1.29 is 9.84 Å². The van der Waals surface area contributed by atoms with Crippen LogP contribution in [0.3, 0.4) is 0 Å². The average molecular weight is 270 g/mol. The van der Waals surface area contributed by atoms with Crippen LogP contribution in [-0.4, -0.2) is 61.0 Å². The van der Waals surface area contributed by atoms with Gasteiger partial charge in [-0.05, 0) is 45.2 Å². The van der Waals surface area contributed by atoms with Gasteiger partial charge in [-0.1, -0.05) is 13.3 Å². The molecule has 0 saturated carbocycles. The maximum absolute atomic E-state index is 9.87. The molecule has 2 rings (SSSR count). The Balaban J connectivity index is 1.55. The molecule has 4 heteroatoms. The Morgan fingerprint density at radius 3 is 3.11 bits per heavy atom. The van der Waals surface area contributed by atoms with Crippen LogP contribution in [-0.2, 0) is 4.74 Å². The van der Waals surface area contributed by atoms with Gasteiger partial charge in [0, 0.05) is 25.2 Å². The molecule has 2 fully saturated rings. The molecule has 2 heterocycles. The fourth-order valence-electron chi connectivity index (χ4n) is 3.24. The van der Waals surface area contributed by atoms with Crippen molar-refractivity contribution in [2.75, 3.05) is 32.8 Å². The number of ether oxygens (including phenoxy) is 1. The Bertz CT molecular complexity index is 250. The second-order valence-corrected chi connectivity index (χ2v) is 6.04. The van der Waals surface area contributed by atoms with Gasteiger partial charge in [-0.15, -0.1) is 0 Å². The van der Waals surface area contributed by atoms with E-state index in [0.717, 1.165) is 25.5 Å². The summed E-state index contributed by atoms with van der Waals surface area (Å²) in [6.45, 7) is 6.58. The summed E-state index contributed by atoms with van der Waals surface area (Å²) in [5.41, 5.74) is 0. The fourth-order valence-corrected chi connectivity index (χ4v) is 3.24. The summed E-state index contributed by atoms with van der Waals surface area (Å²) < 4.78 is 5.45. The highest BCUT2D eigenvalue weighted by Gasteiger charge is 2.31. The lowest BCUT2D eigenvalue weighted by Gasteiger charge is -2.35. The first-order valence-electron chi connectivity index (χ1n) is 8.03. The molecule has 4 nitrogen and oxygen atoms in total. The highest BCUT2D eigenvalue weighted by molar-refractivity contribution is 4.89. The van der Waals surface area contributed by atoms with Gasteiger partial charge in [-0.3, -0.25) is 0 Å². The predicted molar refractivity (Wildman–Crippen MR) is 77.4 cm³/mol. The van der Waals surface area contributed by atoms with Gasteiger partial charge in [0.15, 0.2) is 0 Å². The monoisotopic (exact) mass is 270 g/mol. The van der Waals surface area contributed by atoms with Crippen molar-refractivity contribution in [1.82, 2.24) is 10.2 Å². The second-order valence-electron chi connectivity index (χ2n) is 6.04. The van der Waals surface area contributed by atoms with Crippen LogP contribution in [0, 0.1) is 0 Å². The second kappa shape index (κ2) is 8.20. The van der Waals surface area contributed by atoms with E-state index < -0.39 is 0 Å². The van der Waals surface area contributed by atoms with E-state index in [-0.39, 0.29) is 6.10 Å². The molecule has 0 aromatic heterocycles. The number of rotatable bonds is 8. The number of hydrogen-bond acceptors (Lipinski definition) is 4. The molecule has 2 N–H and O–H groups in total. The van der Waals surface area contributed by atoms with Gasteiger partial charge in [-0.2, -0.15) is 0 Å². The van der Waals surface area contributed by atoms with Crippen LogP contribution >= 0.6 is 0 Å². The molecular weight excluding hydrogens is 240 g/mol. The molecule has 3 unspecified atom stereocenters. The van der Waals surface area contributed by atoms with Crippen molar-refractivity contribution in [1.29, 1.82) is 0 Å². The lowest BCUT2D eigenvalue weighted by molar-refractivity contribution is 0.0325.